The molecule has 0 aromatic rings. The van der Waals surface area contributed by atoms with Crippen LogP contribution >= 0.6 is 0 Å². The first-order chi connectivity index (χ1) is 4.73. The van der Waals surface area contributed by atoms with E-state index in [-0.39, 0.29) is 0 Å². The van der Waals surface area contributed by atoms with Crippen molar-refractivity contribution in [2.45, 2.75) is 32.1 Å². The van der Waals surface area contributed by atoms with Crippen LogP contribution in [0.15, 0.2) is 0 Å². The lowest BCUT2D eigenvalue weighted by Gasteiger charge is -2.05. The van der Waals surface area contributed by atoms with Gasteiger partial charge in [0.15, 0.2) is 0 Å². The van der Waals surface area contributed by atoms with Crippen molar-refractivity contribution in [1.29, 1.82) is 0 Å². The third kappa shape index (κ3) is 10.9. The van der Waals surface area contributed by atoms with E-state index in [1.54, 1.807) is 0 Å². The highest BCUT2D eigenvalue weighted by Gasteiger charge is 1.95. The Morgan fingerprint density at radius 1 is 0.900 bits per heavy atom. The van der Waals surface area contributed by atoms with Crippen LogP contribution in [0.4, 0.5) is 0 Å². The van der Waals surface area contributed by atoms with Crippen LogP contribution in [0.25, 0.3) is 0 Å². The fourth-order valence-corrected chi connectivity index (χ4v) is 0.898. The third-order valence-electron chi connectivity index (χ3n) is 1.32. The van der Waals surface area contributed by atoms with Gasteiger partial charge in [0.1, 0.15) is 0 Å². The normalized spacial score (nSPS) is 18.0. The average Bonchev–Trinajstić information content (AvgIpc) is 1.90. The van der Waals surface area contributed by atoms with Gasteiger partial charge in [0.2, 0.25) is 0 Å². The Hall–Kier alpha value is -0.0400. The van der Waals surface area contributed by atoms with E-state index in [4.69, 9.17) is 0 Å². The van der Waals surface area contributed by atoms with E-state index in [0.29, 0.717) is 0 Å². The predicted molar refractivity (Wildman–Crippen MR) is 47.0 cm³/mol. The number of nitrogens with zero attached hydrogens (tertiary/aromatic N) is 1. The molecule has 0 bridgehead atoms. The smallest absolute Gasteiger partial charge is 0.0140 e. The molecule has 0 N–H and O–H groups in total. The summed E-state index contributed by atoms with van der Waals surface area (Å²) in [4.78, 5) is 2.00. The molecule has 1 aliphatic rings. The Morgan fingerprint density at radius 3 is 1.40 bits per heavy atom. The largest absolute Gasteiger partial charge is 0.312 e. The molecule has 10 heavy (non-hydrogen) atoms. The van der Waals surface area contributed by atoms with Crippen LogP contribution in [-0.2, 0) is 0 Å². The zero-order chi connectivity index (χ0) is 7.82. The summed E-state index contributed by atoms with van der Waals surface area (Å²) in [5.74, 6) is 0. The van der Waals surface area contributed by atoms with E-state index < -0.39 is 0 Å². The van der Waals surface area contributed by atoms with Crippen LogP contribution in [0.3, 0.4) is 0 Å². The lowest BCUT2D eigenvalue weighted by Crippen LogP contribution is -1.99. The molecule has 1 fully saturated rings. The molecular weight excluding hydrogens is 122 g/mol. The summed E-state index contributed by atoms with van der Waals surface area (Å²) in [5.41, 5.74) is 0. The molecule has 0 amide bonds. The first-order valence-corrected chi connectivity index (χ1v) is 4.16. The van der Waals surface area contributed by atoms with Crippen molar-refractivity contribution in [2.24, 2.45) is 0 Å². The highest BCUT2D eigenvalue weighted by atomic mass is 15.0. The van der Waals surface area contributed by atoms with Crippen molar-refractivity contribution in [2.75, 3.05) is 21.1 Å². The van der Waals surface area contributed by atoms with Gasteiger partial charge >= 0.3 is 0 Å². The third-order valence-corrected chi connectivity index (χ3v) is 1.32. The first-order valence-electron chi connectivity index (χ1n) is 4.16. The van der Waals surface area contributed by atoms with Gasteiger partial charge in [-0.15, -0.1) is 0 Å². The SMILES string of the molecule is CN(C)C.[CH]1CCCCC1. The molecule has 0 spiro atoms. The maximum Gasteiger partial charge on any atom is -0.0140 e. The summed E-state index contributed by atoms with van der Waals surface area (Å²) in [5, 5.41) is 0. The maximum atomic E-state index is 2.39. The summed E-state index contributed by atoms with van der Waals surface area (Å²) >= 11 is 0. The minimum Gasteiger partial charge on any atom is -0.312 e. The van der Waals surface area contributed by atoms with E-state index in [0.717, 1.165) is 0 Å². The highest BCUT2D eigenvalue weighted by Crippen LogP contribution is 2.14. The average molecular weight is 142 g/mol. The summed E-state index contributed by atoms with van der Waals surface area (Å²) in [6.07, 6.45) is 9.50. The fraction of sp³-hybridized carbons (Fsp3) is 0.889. The molecule has 0 unspecified atom stereocenters. The van der Waals surface area contributed by atoms with Crippen LogP contribution in [0.2, 0.25) is 0 Å². The molecule has 0 aromatic carbocycles. The van der Waals surface area contributed by atoms with Crippen LogP contribution in [-0.4, -0.2) is 26.0 Å². The second-order valence-electron chi connectivity index (χ2n) is 3.27. The van der Waals surface area contributed by atoms with Gasteiger partial charge in [0, 0.05) is 0 Å². The van der Waals surface area contributed by atoms with Crippen molar-refractivity contribution in [3.8, 4) is 0 Å². The van der Waals surface area contributed by atoms with Crippen molar-refractivity contribution in [1.82, 2.24) is 4.90 Å². The lowest BCUT2D eigenvalue weighted by molar-refractivity contribution is 0.505. The molecule has 0 saturated heterocycles. The van der Waals surface area contributed by atoms with E-state index in [9.17, 15) is 0 Å². The molecular formula is C9H20N. The Balaban J connectivity index is 0.000000180. The molecule has 1 saturated carbocycles. The molecule has 0 atom stereocenters. The quantitative estimate of drug-likeness (QED) is 0.502. The fourth-order valence-electron chi connectivity index (χ4n) is 0.898. The van der Waals surface area contributed by atoms with Crippen LogP contribution < -0.4 is 0 Å². The van der Waals surface area contributed by atoms with Gasteiger partial charge in [-0.2, -0.15) is 0 Å². The topological polar surface area (TPSA) is 3.24 Å². The Labute approximate surface area is 65.4 Å². The van der Waals surface area contributed by atoms with Gasteiger partial charge < -0.3 is 4.90 Å². The molecule has 61 valence electrons. The molecule has 1 radical (unpaired) electrons. The predicted octanol–water partition coefficient (Wildman–Crippen LogP) is 2.33. The van der Waals surface area contributed by atoms with Crippen LogP contribution in [0.5, 0.6) is 0 Å². The summed E-state index contributed by atoms with van der Waals surface area (Å²) in [6, 6.07) is 0. The summed E-state index contributed by atoms with van der Waals surface area (Å²) in [6.45, 7) is 0. The molecule has 1 aliphatic carbocycles. The molecule has 1 rings (SSSR count). The molecule has 1 nitrogen and oxygen atoms in total. The van der Waals surface area contributed by atoms with Crippen molar-refractivity contribution >= 4 is 0 Å². The van der Waals surface area contributed by atoms with Crippen molar-refractivity contribution in [3.63, 3.8) is 0 Å². The van der Waals surface area contributed by atoms with Gasteiger partial charge in [0.05, 0.1) is 0 Å². The van der Waals surface area contributed by atoms with Gasteiger partial charge in [0.25, 0.3) is 0 Å². The van der Waals surface area contributed by atoms with Gasteiger partial charge in [-0.05, 0) is 27.6 Å². The summed E-state index contributed by atoms with van der Waals surface area (Å²) < 4.78 is 0. The van der Waals surface area contributed by atoms with Crippen molar-refractivity contribution in [3.05, 3.63) is 6.42 Å². The Bertz CT molecular complexity index is 41.5. The van der Waals surface area contributed by atoms with Crippen LogP contribution in [0.1, 0.15) is 32.1 Å². The number of rotatable bonds is 0. The van der Waals surface area contributed by atoms with E-state index in [2.05, 4.69) is 6.42 Å². The second-order valence-corrected chi connectivity index (χ2v) is 3.27. The maximum absolute atomic E-state index is 2.39. The van der Waals surface area contributed by atoms with Gasteiger partial charge in [-0.25, -0.2) is 0 Å². The van der Waals surface area contributed by atoms with E-state index in [1.165, 1.54) is 32.1 Å². The molecule has 1 heteroatoms. The van der Waals surface area contributed by atoms with Gasteiger partial charge in [-0.3, -0.25) is 0 Å². The van der Waals surface area contributed by atoms with Crippen LogP contribution in [0, 0.1) is 6.42 Å². The van der Waals surface area contributed by atoms with E-state index >= 15 is 0 Å². The Kier molecular flexibility index (Phi) is 7.04. The zero-order valence-corrected chi connectivity index (χ0v) is 7.56. The molecule has 0 heterocycles. The monoisotopic (exact) mass is 142 g/mol. The second kappa shape index (κ2) is 7.07. The zero-order valence-electron chi connectivity index (χ0n) is 7.56. The minimum absolute atomic E-state index is 1.38. The Morgan fingerprint density at radius 2 is 1.30 bits per heavy atom. The first kappa shape index (κ1) is 9.96. The lowest BCUT2D eigenvalue weighted by atomic mass is 10.0. The standard InChI is InChI=1S/C6H11.C3H9N/c1-2-4-6-5-3-1;1-4(2)3/h1H,2-6H2;1-3H3. The molecule has 0 aromatic heterocycles. The summed E-state index contributed by atoms with van der Waals surface area (Å²) in [7, 11) is 6.00. The van der Waals surface area contributed by atoms with Crippen molar-refractivity contribution < 1.29 is 0 Å². The number of hydrogen-bond donors (Lipinski definition) is 0. The highest BCUT2D eigenvalue weighted by molar-refractivity contribution is 4.69. The molecule has 0 aliphatic heterocycles. The minimum atomic E-state index is 1.38. The number of hydrogen-bond acceptors (Lipinski definition) is 1. The van der Waals surface area contributed by atoms with Gasteiger partial charge in [-0.1, -0.05) is 32.1 Å². The van der Waals surface area contributed by atoms with E-state index in [1.807, 2.05) is 26.0 Å².